The summed E-state index contributed by atoms with van der Waals surface area (Å²) in [6, 6.07) is 0. The van der Waals surface area contributed by atoms with E-state index in [2.05, 4.69) is 10.2 Å². The minimum Gasteiger partial charge on any atom is -0.377 e. The Bertz CT molecular complexity index is 216. The van der Waals surface area contributed by atoms with Crippen LogP contribution in [0.15, 0.2) is 0 Å². The van der Waals surface area contributed by atoms with Crippen LogP contribution in [0.2, 0.25) is 0 Å². The lowest BCUT2D eigenvalue weighted by atomic mass is 9.79. The number of hydrogen-bond donors (Lipinski definition) is 1. The smallest absolute Gasteiger partial charge is 0.0707 e. The first-order valence-corrected chi connectivity index (χ1v) is 6.45. The molecule has 3 heteroatoms. The van der Waals surface area contributed by atoms with Crippen LogP contribution in [-0.2, 0) is 4.74 Å². The Hall–Kier alpha value is -0.120. The lowest BCUT2D eigenvalue weighted by molar-refractivity contribution is -0.171. The van der Waals surface area contributed by atoms with Gasteiger partial charge in [0.2, 0.25) is 0 Å². The van der Waals surface area contributed by atoms with Crippen molar-refractivity contribution in [3.05, 3.63) is 0 Å². The molecule has 0 spiro atoms. The van der Waals surface area contributed by atoms with Gasteiger partial charge in [0.15, 0.2) is 0 Å². The molecule has 0 radical (unpaired) electrons. The second-order valence-electron chi connectivity index (χ2n) is 5.31. The quantitative estimate of drug-likeness (QED) is 0.731. The van der Waals surface area contributed by atoms with Crippen molar-refractivity contribution >= 4 is 0 Å². The third-order valence-corrected chi connectivity index (χ3v) is 4.57. The van der Waals surface area contributed by atoms with E-state index in [1.54, 1.807) is 0 Å². The maximum atomic E-state index is 5.54. The molecule has 3 nitrogen and oxygen atoms in total. The lowest BCUT2D eigenvalue weighted by Crippen LogP contribution is -2.69. The Morgan fingerprint density at radius 2 is 1.73 bits per heavy atom. The van der Waals surface area contributed by atoms with Gasteiger partial charge in [-0.3, -0.25) is 4.90 Å². The average molecular weight is 210 g/mol. The van der Waals surface area contributed by atoms with E-state index in [0.717, 1.165) is 32.2 Å². The van der Waals surface area contributed by atoms with Gasteiger partial charge in [0.25, 0.3) is 0 Å². The first kappa shape index (κ1) is 10.1. The van der Waals surface area contributed by atoms with Crippen LogP contribution in [0.25, 0.3) is 0 Å². The zero-order valence-electron chi connectivity index (χ0n) is 9.50. The third-order valence-electron chi connectivity index (χ3n) is 4.57. The summed E-state index contributed by atoms with van der Waals surface area (Å²) in [7, 11) is 0. The van der Waals surface area contributed by atoms with Crippen LogP contribution >= 0.6 is 0 Å². The molecule has 0 atom stereocenters. The minimum absolute atomic E-state index is 0.443. The van der Waals surface area contributed by atoms with E-state index in [1.165, 1.54) is 38.8 Å². The van der Waals surface area contributed by atoms with Crippen molar-refractivity contribution in [2.75, 3.05) is 39.4 Å². The molecule has 2 saturated heterocycles. The maximum Gasteiger partial charge on any atom is 0.0707 e. The predicted octanol–water partition coefficient (Wildman–Crippen LogP) is 0.851. The highest BCUT2D eigenvalue weighted by molar-refractivity contribution is 5.04. The molecule has 0 unspecified atom stereocenters. The van der Waals surface area contributed by atoms with Gasteiger partial charge < -0.3 is 10.1 Å². The van der Waals surface area contributed by atoms with Gasteiger partial charge in [-0.1, -0.05) is 12.8 Å². The van der Waals surface area contributed by atoms with Crippen molar-refractivity contribution in [1.82, 2.24) is 10.2 Å². The summed E-state index contributed by atoms with van der Waals surface area (Å²) >= 11 is 0. The largest absolute Gasteiger partial charge is 0.377 e. The van der Waals surface area contributed by atoms with Crippen molar-refractivity contribution in [2.24, 2.45) is 5.92 Å². The Morgan fingerprint density at radius 1 is 1.07 bits per heavy atom. The van der Waals surface area contributed by atoms with E-state index >= 15 is 0 Å². The van der Waals surface area contributed by atoms with Crippen LogP contribution in [0.5, 0.6) is 0 Å². The molecule has 1 N–H and O–H groups in total. The van der Waals surface area contributed by atoms with Crippen LogP contribution in [-0.4, -0.2) is 49.8 Å². The number of piperazine rings is 1. The lowest BCUT2D eigenvalue weighted by Gasteiger charge is -2.54. The van der Waals surface area contributed by atoms with Crippen molar-refractivity contribution in [2.45, 2.75) is 31.2 Å². The monoisotopic (exact) mass is 210 g/mol. The molecular formula is C12H22N2O. The highest BCUT2D eigenvalue weighted by Crippen LogP contribution is 2.42. The molecule has 0 aromatic carbocycles. The molecule has 0 aromatic heterocycles. The van der Waals surface area contributed by atoms with Gasteiger partial charge in [-0.25, -0.2) is 0 Å². The molecule has 3 aliphatic rings. The topological polar surface area (TPSA) is 24.5 Å². The zero-order valence-corrected chi connectivity index (χ0v) is 9.50. The summed E-state index contributed by atoms with van der Waals surface area (Å²) in [5.41, 5.74) is 0.443. The van der Waals surface area contributed by atoms with Gasteiger partial charge in [0, 0.05) is 26.2 Å². The van der Waals surface area contributed by atoms with Gasteiger partial charge in [-0.2, -0.15) is 0 Å². The maximum absolute atomic E-state index is 5.54. The van der Waals surface area contributed by atoms with Crippen molar-refractivity contribution in [3.63, 3.8) is 0 Å². The Labute approximate surface area is 92.2 Å². The summed E-state index contributed by atoms with van der Waals surface area (Å²) in [6.45, 7) is 6.76. The predicted molar refractivity (Wildman–Crippen MR) is 60.0 cm³/mol. The van der Waals surface area contributed by atoms with Crippen LogP contribution in [0.1, 0.15) is 25.7 Å². The standard InChI is InChI=1S/C12H22N2O/c1-2-4-11(3-1)12(9-15-10-12)14-7-5-13-6-8-14/h11,13H,1-10H2. The van der Waals surface area contributed by atoms with Crippen LogP contribution in [0.3, 0.4) is 0 Å². The molecule has 2 heterocycles. The van der Waals surface area contributed by atoms with E-state index in [0.29, 0.717) is 5.54 Å². The SMILES string of the molecule is C1CCC(C2(N3CCNCC3)COC2)C1. The second kappa shape index (κ2) is 4.04. The number of hydrogen-bond acceptors (Lipinski definition) is 3. The number of nitrogens with one attached hydrogen (secondary N) is 1. The van der Waals surface area contributed by atoms with Crippen molar-refractivity contribution < 1.29 is 4.74 Å². The normalized spacial score (nSPS) is 32.8. The Morgan fingerprint density at radius 3 is 2.27 bits per heavy atom. The van der Waals surface area contributed by atoms with Gasteiger partial charge in [0.1, 0.15) is 0 Å². The molecule has 0 bridgehead atoms. The molecule has 15 heavy (non-hydrogen) atoms. The van der Waals surface area contributed by atoms with Crippen LogP contribution < -0.4 is 5.32 Å². The first-order chi connectivity index (χ1) is 7.42. The van der Waals surface area contributed by atoms with Crippen LogP contribution in [0, 0.1) is 5.92 Å². The van der Waals surface area contributed by atoms with E-state index < -0.39 is 0 Å². The third kappa shape index (κ3) is 1.61. The number of nitrogens with zero attached hydrogens (tertiary/aromatic N) is 1. The summed E-state index contributed by atoms with van der Waals surface area (Å²) in [4.78, 5) is 2.71. The minimum atomic E-state index is 0.443. The summed E-state index contributed by atoms with van der Waals surface area (Å²) in [5, 5.41) is 3.44. The highest BCUT2D eigenvalue weighted by Gasteiger charge is 2.50. The van der Waals surface area contributed by atoms with Gasteiger partial charge in [-0.15, -0.1) is 0 Å². The van der Waals surface area contributed by atoms with E-state index in [-0.39, 0.29) is 0 Å². The first-order valence-electron chi connectivity index (χ1n) is 6.45. The Kier molecular flexibility index (Phi) is 2.71. The molecule has 0 amide bonds. The highest BCUT2D eigenvalue weighted by atomic mass is 16.5. The molecule has 1 saturated carbocycles. The van der Waals surface area contributed by atoms with Crippen molar-refractivity contribution in [3.8, 4) is 0 Å². The molecule has 0 aromatic rings. The summed E-state index contributed by atoms with van der Waals surface area (Å²) < 4.78 is 5.54. The second-order valence-corrected chi connectivity index (χ2v) is 5.31. The summed E-state index contributed by atoms with van der Waals surface area (Å²) in [6.07, 6.45) is 5.76. The average Bonchev–Trinajstić information content (AvgIpc) is 2.72. The van der Waals surface area contributed by atoms with E-state index in [4.69, 9.17) is 4.74 Å². The number of rotatable bonds is 2. The van der Waals surface area contributed by atoms with Gasteiger partial charge in [-0.05, 0) is 18.8 Å². The number of ether oxygens (including phenoxy) is 1. The van der Waals surface area contributed by atoms with E-state index in [9.17, 15) is 0 Å². The van der Waals surface area contributed by atoms with E-state index in [1.807, 2.05) is 0 Å². The van der Waals surface area contributed by atoms with Gasteiger partial charge >= 0.3 is 0 Å². The summed E-state index contributed by atoms with van der Waals surface area (Å²) in [5.74, 6) is 0.921. The molecular weight excluding hydrogens is 188 g/mol. The fourth-order valence-electron chi connectivity index (χ4n) is 3.56. The van der Waals surface area contributed by atoms with Gasteiger partial charge in [0.05, 0.1) is 18.8 Å². The molecule has 86 valence electrons. The fraction of sp³-hybridized carbons (Fsp3) is 1.00. The zero-order chi connectivity index (χ0) is 10.1. The van der Waals surface area contributed by atoms with Crippen LogP contribution in [0.4, 0.5) is 0 Å². The molecule has 3 rings (SSSR count). The molecule has 2 aliphatic heterocycles. The molecule has 1 aliphatic carbocycles. The fourth-order valence-corrected chi connectivity index (χ4v) is 3.56. The van der Waals surface area contributed by atoms with Crippen molar-refractivity contribution in [1.29, 1.82) is 0 Å². The molecule has 3 fully saturated rings. The Balaban J connectivity index is 1.72.